The quantitative estimate of drug-likeness (QED) is 0.687. The van der Waals surface area contributed by atoms with E-state index in [9.17, 15) is 9.59 Å². The lowest BCUT2D eigenvalue weighted by Gasteiger charge is -2.10. The van der Waals surface area contributed by atoms with Gasteiger partial charge in [-0.1, -0.05) is 29.8 Å². The number of nitrogens with one attached hydrogen (secondary N) is 2. The average Bonchev–Trinajstić information content (AvgIpc) is 3.08. The van der Waals surface area contributed by atoms with E-state index in [4.69, 9.17) is 11.6 Å². The molecule has 0 saturated heterocycles. The molecule has 2 aromatic carbocycles. The van der Waals surface area contributed by atoms with Gasteiger partial charge in [-0.15, -0.1) is 10.2 Å². The molecule has 0 spiro atoms. The van der Waals surface area contributed by atoms with Gasteiger partial charge in [0, 0.05) is 18.2 Å². The maximum Gasteiger partial charge on any atom is 0.248 e. The third kappa shape index (κ3) is 4.52. The lowest BCUT2D eigenvalue weighted by Crippen LogP contribution is -2.21. The predicted octanol–water partition coefficient (Wildman–Crippen LogP) is 3.21. The van der Waals surface area contributed by atoms with Crippen LogP contribution in [0.3, 0.4) is 0 Å². The van der Waals surface area contributed by atoms with E-state index in [0.29, 0.717) is 22.1 Å². The Morgan fingerprint density at radius 3 is 2.46 bits per heavy atom. The molecule has 0 unspecified atom stereocenters. The fourth-order valence-electron chi connectivity index (χ4n) is 2.69. The first kappa shape index (κ1) is 19.5. The van der Waals surface area contributed by atoms with Crippen LogP contribution in [0.5, 0.6) is 0 Å². The molecule has 1 heterocycles. The SMILES string of the molecule is CC(=O)Nc1ccc(-c2nnn(CC(=O)Nc3c(C)cccc3C)n2)cc1Cl. The number of tetrazole rings is 1. The molecular formula is C19H19ClN6O2. The summed E-state index contributed by atoms with van der Waals surface area (Å²) in [5, 5.41) is 18.0. The molecule has 9 heteroatoms. The lowest BCUT2D eigenvalue weighted by atomic mass is 10.1. The van der Waals surface area contributed by atoms with Gasteiger partial charge < -0.3 is 10.6 Å². The first-order chi connectivity index (χ1) is 13.3. The summed E-state index contributed by atoms with van der Waals surface area (Å²) in [7, 11) is 0. The van der Waals surface area contributed by atoms with Crippen molar-refractivity contribution in [2.75, 3.05) is 10.6 Å². The third-order valence-corrected chi connectivity index (χ3v) is 4.33. The van der Waals surface area contributed by atoms with E-state index >= 15 is 0 Å². The van der Waals surface area contributed by atoms with E-state index in [1.54, 1.807) is 18.2 Å². The van der Waals surface area contributed by atoms with Gasteiger partial charge >= 0.3 is 0 Å². The molecule has 28 heavy (non-hydrogen) atoms. The summed E-state index contributed by atoms with van der Waals surface area (Å²) >= 11 is 6.17. The van der Waals surface area contributed by atoms with Gasteiger partial charge in [0.15, 0.2) is 0 Å². The second-order valence-corrected chi connectivity index (χ2v) is 6.74. The minimum atomic E-state index is -0.250. The van der Waals surface area contributed by atoms with Gasteiger partial charge in [-0.3, -0.25) is 9.59 Å². The molecule has 0 aliphatic rings. The van der Waals surface area contributed by atoms with Crippen LogP contribution in [0, 0.1) is 13.8 Å². The Bertz CT molecular complexity index is 1030. The predicted molar refractivity (Wildman–Crippen MR) is 107 cm³/mol. The molecule has 3 aromatic rings. The second kappa shape index (κ2) is 8.18. The monoisotopic (exact) mass is 398 g/mol. The van der Waals surface area contributed by atoms with Crippen LogP contribution < -0.4 is 10.6 Å². The zero-order chi connectivity index (χ0) is 20.3. The van der Waals surface area contributed by atoms with Crippen molar-refractivity contribution in [3.63, 3.8) is 0 Å². The summed E-state index contributed by atoms with van der Waals surface area (Å²) in [6.07, 6.45) is 0. The average molecular weight is 399 g/mol. The van der Waals surface area contributed by atoms with Gasteiger partial charge in [-0.25, -0.2) is 0 Å². The van der Waals surface area contributed by atoms with Gasteiger partial charge in [0.25, 0.3) is 0 Å². The van der Waals surface area contributed by atoms with E-state index < -0.39 is 0 Å². The summed E-state index contributed by atoms with van der Waals surface area (Å²) in [5.41, 5.74) is 3.87. The van der Waals surface area contributed by atoms with Crippen LogP contribution in [0.1, 0.15) is 18.1 Å². The molecule has 2 amide bonds. The largest absolute Gasteiger partial charge is 0.325 e. The van der Waals surface area contributed by atoms with Gasteiger partial charge in [-0.05, 0) is 48.4 Å². The molecule has 144 valence electrons. The Balaban J connectivity index is 1.71. The van der Waals surface area contributed by atoms with Crippen molar-refractivity contribution in [3.8, 4) is 11.4 Å². The molecule has 2 N–H and O–H groups in total. The summed E-state index contributed by atoms with van der Waals surface area (Å²) < 4.78 is 0. The van der Waals surface area contributed by atoms with Gasteiger partial charge in [-0.2, -0.15) is 4.80 Å². The van der Waals surface area contributed by atoms with E-state index in [1.807, 2.05) is 32.0 Å². The molecule has 0 radical (unpaired) electrons. The zero-order valence-corrected chi connectivity index (χ0v) is 16.4. The summed E-state index contributed by atoms with van der Waals surface area (Å²) in [4.78, 5) is 24.7. The summed E-state index contributed by atoms with van der Waals surface area (Å²) in [6, 6.07) is 10.8. The molecule has 1 aromatic heterocycles. The number of benzene rings is 2. The van der Waals surface area contributed by atoms with Crippen molar-refractivity contribution in [3.05, 3.63) is 52.5 Å². The van der Waals surface area contributed by atoms with Gasteiger partial charge in [0.1, 0.15) is 6.54 Å². The number of rotatable bonds is 5. The number of aromatic nitrogens is 4. The van der Waals surface area contributed by atoms with Crippen LogP contribution in [0.25, 0.3) is 11.4 Å². The number of anilines is 2. The number of carbonyl (C=O) groups excluding carboxylic acids is 2. The highest BCUT2D eigenvalue weighted by Gasteiger charge is 2.13. The van der Waals surface area contributed by atoms with Crippen molar-refractivity contribution in [1.29, 1.82) is 0 Å². The maximum atomic E-state index is 12.3. The van der Waals surface area contributed by atoms with Crippen LogP contribution in [0.2, 0.25) is 5.02 Å². The molecule has 0 atom stereocenters. The second-order valence-electron chi connectivity index (χ2n) is 6.33. The number of amides is 2. The van der Waals surface area contributed by atoms with Gasteiger partial charge in [0.05, 0.1) is 10.7 Å². The van der Waals surface area contributed by atoms with E-state index in [-0.39, 0.29) is 18.4 Å². The van der Waals surface area contributed by atoms with Crippen molar-refractivity contribution in [2.24, 2.45) is 0 Å². The van der Waals surface area contributed by atoms with E-state index in [1.165, 1.54) is 11.7 Å². The van der Waals surface area contributed by atoms with Crippen LogP contribution in [0.15, 0.2) is 36.4 Å². The molecule has 0 bridgehead atoms. The maximum absolute atomic E-state index is 12.3. The Hall–Kier alpha value is -3.26. The molecule has 0 aliphatic heterocycles. The standard InChI is InChI=1S/C19H19ClN6O2/c1-11-5-4-6-12(2)18(11)22-17(28)10-26-24-19(23-25-26)14-7-8-16(15(20)9-14)21-13(3)27/h4-9H,10H2,1-3H3,(H,21,27)(H,22,28). The van der Waals surface area contributed by atoms with Crippen LogP contribution >= 0.6 is 11.6 Å². The number of hydrogen-bond donors (Lipinski definition) is 2. The topological polar surface area (TPSA) is 102 Å². The first-order valence-corrected chi connectivity index (χ1v) is 8.92. The minimum absolute atomic E-state index is 0.0710. The normalized spacial score (nSPS) is 10.6. The van der Waals surface area contributed by atoms with Crippen LogP contribution in [-0.4, -0.2) is 32.0 Å². The van der Waals surface area contributed by atoms with Crippen LogP contribution in [0.4, 0.5) is 11.4 Å². The number of halogens is 1. The van der Waals surface area contributed by atoms with Crippen LogP contribution in [-0.2, 0) is 16.1 Å². The molecule has 3 rings (SSSR count). The Labute approximate surface area is 166 Å². The smallest absolute Gasteiger partial charge is 0.248 e. The number of nitrogens with zero attached hydrogens (tertiary/aromatic N) is 4. The summed E-state index contributed by atoms with van der Waals surface area (Å²) in [5.74, 6) is -0.134. The summed E-state index contributed by atoms with van der Waals surface area (Å²) in [6.45, 7) is 5.20. The zero-order valence-electron chi connectivity index (χ0n) is 15.7. The molecule has 0 saturated carbocycles. The minimum Gasteiger partial charge on any atom is -0.325 e. The highest BCUT2D eigenvalue weighted by Crippen LogP contribution is 2.27. The fraction of sp³-hybridized carbons (Fsp3) is 0.211. The fourth-order valence-corrected chi connectivity index (χ4v) is 2.92. The van der Waals surface area contributed by atoms with Crippen molar-refractivity contribution in [1.82, 2.24) is 20.2 Å². The number of hydrogen-bond acceptors (Lipinski definition) is 5. The first-order valence-electron chi connectivity index (χ1n) is 8.55. The van der Waals surface area contributed by atoms with Crippen molar-refractivity contribution >= 4 is 34.8 Å². The van der Waals surface area contributed by atoms with E-state index in [0.717, 1.165) is 16.8 Å². The highest BCUT2D eigenvalue weighted by atomic mass is 35.5. The van der Waals surface area contributed by atoms with Gasteiger partial charge in [0.2, 0.25) is 17.6 Å². The Kier molecular flexibility index (Phi) is 5.70. The highest BCUT2D eigenvalue weighted by molar-refractivity contribution is 6.34. The molecule has 8 nitrogen and oxygen atoms in total. The number of aryl methyl sites for hydroxylation is 2. The molecule has 0 fully saturated rings. The van der Waals surface area contributed by atoms with E-state index in [2.05, 4.69) is 26.0 Å². The molecular weight excluding hydrogens is 380 g/mol. The van der Waals surface area contributed by atoms with Crippen molar-refractivity contribution < 1.29 is 9.59 Å². The molecule has 0 aliphatic carbocycles. The number of para-hydroxylation sites is 1. The van der Waals surface area contributed by atoms with Crippen molar-refractivity contribution in [2.45, 2.75) is 27.3 Å². The third-order valence-electron chi connectivity index (χ3n) is 4.02. The lowest BCUT2D eigenvalue weighted by molar-refractivity contribution is -0.117. The Morgan fingerprint density at radius 1 is 1.11 bits per heavy atom. The Morgan fingerprint density at radius 2 is 1.82 bits per heavy atom. The number of carbonyl (C=O) groups is 2.